The van der Waals surface area contributed by atoms with Crippen molar-refractivity contribution in [1.29, 1.82) is 0 Å². The maximum absolute atomic E-state index is 11.3. The highest BCUT2D eigenvalue weighted by Gasteiger charge is 2.44. The van der Waals surface area contributed by atoms with Gasteiger partial charge >= 0.3 is 11.9 Å². The normalized spacial score (nSPS) is 24.3. The Morgan fingerprint density at radius 3 is 2.00 bits per heavy atom. The van der Waals surface area contributed by atoms with Gasteiger partial charge < -0.3 is 15.2 Å². The largest absolute Gasteiger partial charge is 0.478 e. The number of esters is 1. The summed E-state index contributed by atoms with van der Waals surface area (Å²) >= 11 is 0. The number of rotatable bonds is 3. The van der Waals surface area contributed by atoms with Gasteiger partial charge in [0, 0.05) is 23.9 Å². The molecule has 1 atom stereocenters. The molecule has 0 aliphatic carbocycles. The summed E-state index contributed by atoms with van der Waals surface area (Å²) in [5.41, 5.74) is -0.333. The van der Waals surface area contributed by atoms with Crippen molar-refractivity contribution >= 4 is 11.9 Å². The van der Waals surface area contributed by atoms with Gasteiger partial charge in [0.1, 0.15) is 0 Å². The number of carbonyl (C=O) groups excluding carboxylic acids is 1. The molecule has 1 fully saturated rings. The molecule has 1 rings (SSSR count). The number of hydrogen-bond donors (Lipinski definition) is 2. The quantitative estimate of drug-likeness (QED) is 0.750. The Bertz CT molecular complexity index is 333. The van der Waals surface area contributed by atoms with Crippen LogP contribution in [0.25, 0.3) is 0 Å². The summed E-state index contributed by atoms with van der Waals surface area (Å²) in [5.74, 6) is -1.78. The molecule has 0 aromatic heterocycles. The molecule has 0 spiro atoms. The minimum Gasteiger partial charge on any atom is -0.478 e. The minimum atomic E-state index is -1.07. The molecule has 18 heavy (non-hydrogen) atoms. The van der Waals surface area contributed by atoms with E-state index in [1.807, 2.05) is 27.7 Å². The Hall–Kier alpha value is -1.10. The summed E-state index contributed by atoms with van der Waals surface area (Å²) in [6.07, 6.45) is 0.282. The highest BCUT2D eigenvalue weighted by atomic mass is 16.6. The van der Waals surface area contributed by atoms with Crippen LogP contribution in [0.3, 0.4) is 0 Å². The predicted octanol–water partition coefficient (Wildman–Crippen LogP) is 1.56. The second-order valence-corrected chi connectivity index (χ2v) is 6.43. The Morgan fingerprint density at radius 1 is 1.22 bits per heavy atom. The molecule has 1 heterocycles. The van der Waals surface area contributed by atoms with Crippen LogP contribution in [0.2, 0.25) is 0 Å². The third-order valence-electron chi connectivity index (χ3n) is 3.19. The molecule has 0 radical (unpaired) electrons. The Labute approximate surface area is 108 Å². The van der Waals surface area contributed by atoms with E-state index >= 15 is 0 Å². The maximum Gasteiger partial charge on any atom is 0.345 e. The van der Waals surface area contributed by atoms with Gasteiger partial charge in [0.05, 0.1) is 0 Å². The Balaban J connectivity index is 2.91. The first kappa shape index (κ1) is 15.0. The summed E-state index contributed by atoms with van der Waals surface area (Å²) in [6, 6.07) is 0. The number of hydrogen-bond acceptors (Lipinski definition) is 4. The molecule has 5 heteroatoms. The smallest absolute Gasteiger partial charge is 0.345 e. The number of ether oxygens (including phenoxy) is 1. The fourth-order valence-corrected chi connectivity index (χ4v) is 3.14. The average Bonchev–Trinajstić information content (AvgIpc) is 2.07. The van der Waals surface area contributed by atoms with Crippen LogP contribution in [0.4, 0.5) is 0 Å². The molecule has 0 aromatic rings. The third-order valence-corrected chi connectivity index (χ3v) is 3.19. The van der Waals surface area contributed by atoms with Crippen LogP contribution in [-0.4, -0.2) is 34.2 Å². The molecular formula is C13H23NO4. The standard InChI is InChI=1S/C13H23NO4/c1-8(15)18-10(11(16)17)9-6-12(2,3)14-13(4,5)7-9/h9-10,14H,6-7H2,1-5H3,(H,16,17). The van der Waals surface area contributed by atoms with Gasteiger partial charge in [0.15, 0.2) is 0 Å². The molecule has 1 unspecified atom stereocenters. The lowest BCUT2D eigenvalue weighted by Gasteiger charge is -2.47. The summed E-state index contributed by atoms with van der Waals surface area (Å²) < 4.78 is 4.97. The van der Waals surface area contributed by atoms with E-state index in [2.05, 4.69) is 5.32 Å². The lowest BCUT2D eigenvalue weighted by Crippen LogP contribution is -2.60. The molecular weight excluding hydrogens is 234 g/mol. The maximum atomic E-state index is 11.3. The van der Waals surface area contributed by atoms with Gasteiger partial charge in [-0.2, -0.15) is 0 Å². The molecule has 0 amide bonds. The van der Waals surface area contributed by atoms with Crippen molar-refractivity contribution in [1.82, 2.24) is 5.32 Å². The predicted molar refractivity (Wildman–Crippen MR) is 67.2 cm³/mol. The van der Waals surface area contributed by atoms with Crippen LogP contribution >= 0.6 is 0 Å². The van der Waals surface area contributed by atoms with E-state index in [9.17, 15) is 14.7 Å². The zero-order valence-electron chi connectivity index (χ0n) is 11.7. The van der Waals surface area contributed by atoms with E-state index in [1.165, 1.54) is 6.92 Å². The Morgan fingerprint density at radius 2 is 1.67 bits per heavy atom. The summed E-state index contributed by atoms with van der Waals surface area (Å²) in [7, 11) is 0. The summed E-state index contributed by atoms with van der Waals surface area (Å²) in [6.45, 7) is 9.38. The van der Waals surface area contributed by atoms with Crippen molar-refractivity contribution in [2.24, 2.45) is 5.92 Å². The van der Waals surface area contributed by atoms with Gasteiger partial charge in [0.2, 0.25) is 6.10 Å². The first-order chi connectivity index (χ1) is 8.02. The molecule has 0 aromatic carbocycles. The van der Waals surface area contributed by atoms with Crippen LogP contribution in [0, 0.1) is 5.92 Å². The van der Waals surface area contributed by atoms with Gasteiger partial charge in [-0.15, -0.1) is 0 Å². The van der Waals surface area contributed by atoms with Crippen molar-refractivity contribution < 1.29 is 19.4 Å². The average molecular weight is 257 g/mol. The number of aliphatic carboxylic acids is 1. The monoisotopic (exact) mass is 257 g/mol. The molecule has 1 aliphatic heterocycles. The topological polar surface area (TPSA) is 75.6 Å². The van der Waals surface area contributed by atoms with Crippen LogP contribution < -0.4 is 5.32 Å². The van der Waals surface area contributed by atoms with Crippen LogP contribution in [0.5, 0.6) is 0 Å². The molecule has 0 bridgehead atoms. The molecule has 1 saturated heterocycles. The van der Waals surface area contributed by atoms with Crippen LogP contribution in [-0.2, 0) is 14.3 Å². The number of piperidine rings is 1. The zero-order valence-corrected chi connectivity index (χ0v) is 11.7. The van der Waals surface area contributed by atoms with Gasteiger partial charge in [-0.1, -0.05) is 0 Å². The number of carboxylic acids is 1. The second-order valence-electron chi connectivity index (χ2n) is 6.43. The van der Waals surface area contributed by atoms with E-state index in [1.54, 1.807) is 0 Å². The van der Waals surface area contributed by atoms with Crippen molar-refractivity contribution in [3.8, 4) is 0 Å². The number of nitrogens with one attached hydrogen (secondary N) is 1. The Kier molecular flexibility index (Phi) is 4.05. The first-order valence-corrected chi connectivity index (χ1v) is 6.22. The van der Waals surface area contributed by atoms with Crippen molar-refractivity contribution in [3.63, 3.8) is 0 Å². The fraction of sp³-hybridized carbons (Fsp3) is 0.846. The van der Waals surface area contributed by atoms with Gasteiger partial charge in [-0.05, 0) is 40.5 Å². The van der Waals surface area contributed by atoms with E-state index < -0.39 is 18.0 Å². The molecule has 0 saturated carbocycles. The van der Waals surface area contributed by atoms with Gasteiger partial charge in [-0.25, -0.2) is 4.79 Å². The zero-order chi connectivity index (χ0) is 14.1. The van der Waals surface area contributed by atoms with E-state index in [0.29, 0.717) is 12.8 Å². The van der Waals surface area contributed by atoms with E-state index in [4.69, 9.17) is 4.74 Å². The fourth-order valence-electron chi connectivity index (χ4n) is 3.14. The molecule has 2 N–H and O–H groups in total. The van der Waals surface area contributed by atoms with Crippen LogP contribution in [0.15, 0.2) is 0 Å². The van der Waals surface area contributed by atoms with Crippen molar-refractivity contribution in [2.75, 3.05) is 0 Å². The van der Waals surface area contributed by atoms with E-state index in [-0.39, 0.29) is 17.0 Å². The second kappa shape index (κ2) is 4.88. The SMILES string of the molecule is CC(=O)OC(C(=O)O)C1CC(C)(C)NC(C)(C)C1. The summed E-state index contributed by atoms with van der Waals surface area (Å²) in [4.78, 5) is 22.3. The minimum absolute atomic E-state index is 0.166. The van der Waals surface area contributed by atoms with Gasteiger partial charge in [-0.3, -0.25) is 4.79 Å². The lowest BCUT2D eigenvalue weighted by atomic mass is 9.73. The van der Waals surface area contributed by atoms with Gasteiger partial charge in [0.25, 0.3) is 0 Å². The molecule has 5 nitrogen and oxygen atoms in total. The number of carbonyl (C=O) groups is 2. The lowest BCUT2D eigenvalue weighted by molar-refractivity contribution is -0.168. The first-order valence-electron chi connectivity index (χ1n) is 6.22. The molecule has 1 aliphatic rings. The van der Waals surface area contributed by atoms with Crippen molar-refractivity contribution in [2.45, 2.75) is 64.6 Å². The number of carboxylic acid groups (broad SMARTS) is 1. The van der Waals surface area contributed by atoms with Crippen LogP contribution in [0.1, 0.15) is 47.5 Å². The summed E-state index contributed by atoms with van der Waals surface area (Å²) in [5, 5.41) is 12.7. The third kappa shape index (κ3) is 3.98. The highest BCUT2D eigenvalue weighted by molar-refractivity contribution is 5.77. The molecule has 104 valence electrons. The van der Waals surface area contributed by atoms with Crippen molar-refractivity contribution in [3.05, 3.63) is 0 Å². The van der Waals surface area contributed by atoms with E-state index in [0.717, 1.165) is 0 Å². The highest BCUT2D eigenvalue weighted by Crippen LogP contribution is 2.35.